The number of thiophene rings is 1. The minimum Gasteiger partial charge on any atom is -0.454 e. The zero-order chi connectivity index (χ0) is 20.2. The Balaban J connectivity index is 1.52. The highest BCUT2D eigenvalue weighted by molar-refractivity contribution is 7.17. The maximum absolute atomic E-state index is 13.5. The topological polar surface area (TPSA) is 80.6 Å². The molecule has 2 aliphatic rings. The third kappa shape index (κ3) is 2.59. The van der Waals surface area contributed by atoms with Gasteiger partial charge in [0.2, 0.25) is 6.79 Å². The third-order valence-corrected chi connectivity index (χ3v) is 6.75. The molecule has 7 heteroatoms. The van der Waals surface area contributed by atoms with E-state index < -0.39 is 0 Å². The Kier molecular flexibility index (Phi) is 3.79. The maximum atomic E-state index is 13.5. The summed E-state index contributed by atoms with van der Waals surface area (Å²) in [6.45, 7) is 0.850. The summed E-state index contributed by atoms with van der Waals surface area (Å²) >= 11 is 1.32. The number of aromatic amines is 1. The summed E-state index contributed by atoms with van der Waals surface area (Å²) in [6.07, 6.45) is 0.799. The number of benzene rings is 2. The Hall–Kier alpha value is -3.45. The van der Waals surface area contributed by atoms with Crippen LogP contribution in [0.3, 0.4) is 0 Å². The second kappa shape index (κ2) is 6.53. The van der Waals surface area contributed by atoms with Crippen molar-refractivity contribution in [2.45, 2.75) is 12.5 Å². The molecule has 2 aliphatic heterocycles. The minimum atomic E-state index is -0.244. The lowest BCUT2D eigenvalue weighted by Crippen LogP contribution is -2.40. The van der Waals surface area contributed by atoms with Gasteiger partial charge in [0.25, 0.3) is 5.91 Å². The summed E-state index contributed by atoms with van der Waals surface area (Å²) in [7, 11) is 0. The number of aromatic nitrogens is 1. The SMILES string of the molecule is Nc1ccc(C(=O)N2CCc3c([nH]c4ccccc34)C2c2ccc3c(c2)OCO3)s1. The van der Waals surface area contributed by atoms with Crippen LogP contribution in [0.15, 0.2) is 54.6 Å². The first-order valence-electron chi connectivity index (χ1n) is 9.84. The number of amides is 1. The van der Waals surface area contributed by atoms with Crippen LogP contribution in [0.2, 0.25) is 0 Å². The van der Waals surface area contributed by atoms with Gasteiger partial charge in [-0.25, -0.2) is 0 Å². The lowest BCUT2D eigenvalue weighted by atomic mass is 9.92. The average molecular weight is 417 g/mol. The molecule has 0 aliphatic carbocycles. The standard InChI is InChI=1S/C23H19N3O3S/c24-20-8-7-19(30-20)23(27)26-10-9-15-14-3-1-2-4-16(14)25-21(15)22(26)13-5-6-17-18(11-13)29-12-28-17/h1-8,11,22,25H,9-10,12,24H2. The predicted molar refractivity (Wildman–Crippen MR) is 116 cm³/mol. The van der Waals surface area contributed by atoms with Gasteiger partial charge in [0, 0.05) is 23.1 Å². The van der Waals surface area contributed by atoms with E-state index in [0.717, 1.165) is 28.9 Å². The van der Waals surface area contributed by atoms with Crippen molar-refractivity contribution in [3.8, 4) is 11.5 Å². The molecule has 1 atom stereocenters. The first-order valence-corrected chi connectivity index (χ1v) is 10.7. The molecule has 6 rings (SSSR count). The number of rotatable bonds is 2. The number of anilines is 1. The molecule has 2 aromatic carbocycles. The van der Waals surface area contributed by atoms with E-state index in [-0.39, 0.29) is 18.7 Å². The molecule has 1 unspecified atom stereocenters. The van der Waals surface area contributed by atoms with E-state index in [1.807, 2.05) is 29.2 Å². The quantitative estimate of drug-likeness (QED) is 0.509. The number of hydrogen-bond donors (Lipinski definition) is 2. The zero-order valence-electron chi connectivity index (χ0n) is 16.1. The number of carbonyl (C=O) groups excluding carboxylic acids is 1. The van der Waals surface area contributed by atoms with Gasteiger partial charge in [-0.1, -0.05) is 24.3 Å². The van der Waals surface area contributed by atoms with E-state index in [2.05, 4.69) is 23.2 Å². The normalized spacial score (nSPS) is 17.3. The lowest BCUT2D eigenvalue weighted by molar-refractivity contribution is 0.0697. The molecule has 0 saturated heterocycles. The summed E-state index contributed by atoms with van der Waals surface area (Å²) in [4.78, 5) is 19.6. The van der Waals surface area contributed by atoms with Crippen molar-refractivity contribution in [1.29, 1.82) is 0 Å². The number of nitrogens with one attached hydrogen (secondary N) is 1. The van der Waals surface area contributed by atoms with Crippen molar-refractivity contribution in [2.24, 2.45) is 0 Å². The molecule has 30 heavy (non-hydrogen) atoms. The number of fused-ring (bicyclic) bond motifs is 4. The number of nitrogens with zero attached hydrogens (tertiary/aromatic N) is 1. The molecule has 150 valence electrons. The zero-order valence-corrected chi connectivity index (χ0v) is 16.9. The van der Waals surface area contributed by atoms with E-state index in [0.29, 0.717) is 22.2 Å². The van der Waals surface area contributed by atoms with Crippen LogP contribution < -0.4 is 15.2 Å². The van der Waals surface area contributed by atoms with Gasteiger partial charge in [-0.2, -0.15) is 0 Å². The number of carbonyl (C=O) groups is 1. The average Bonchev–Trinajstić information content (AvgIpc) is 3.49. The fourth-order valence-electron chi connectivity index (χ4n) is 4.50. The Morgan fingerprint density at radius 2 is 1.97 bits per heavy atom. The molecule has 6 nitrogen and oxygen atoms in total. The third-order valence-electron chi connectivity index (χ3n) is 5.85. The number of ether oxygens (including phenoxy) is 2. The summed E-state index contributed by atoms with van der Waals surface area (Å²) in [5.74, 6) is 1.43. The van der Waals surface area contributed by atoms with Crippen LogP contribution in [0.1, 0.15) is 32.5 Å². The van der Waals surface area contributed by atoms with Crippen LogP contribution in [0, 0.1) is 0 Å². The van der Waals surface area contributed by atoms with Gasteiger partial charge < -0.3 is 25.1 Å². The smallest absolute Gasteiger partial charge is 0.264 e. The van der Waals surface area contributed by atoms with Crippen LogP contribution in [-0.4, -0.2) is 29.1 Å². The maximum Gasteiger partial charge on any atom is 0.264 e. The molecule has 1 amide bonds. The molecule has 0 radical (unpaired) electrons. The molecule has 0 bridgehead atoms. The van der Waals surface area contributed by atoms with Gasteiger partial charge in [0.05, 0.1) is 15.9 Å². The molecule has 4 aromatic rings. The van der Waals surface area contributed by atoms with Crippen LogP contribution in [0.4, 0.5) is 5.00 Å². The molecule has 0 fully saturated rings. The highest BCUT2D eigenvalue weighted by Crippen LogP contribution is 2.42. The first kappa shape index (κ1) is 17.4. The lowest BCUT2D eigenvalue weighted by Gasteiger charge is -2.36. The van der Waals surface area contributed by atoms with Crippen LogP contribution in [0.25, 0.3) is 10.9 Å². The highest BCUT2D eigenvalue weighted by Gasteiger charge is 2.36. The molecular weight excluding hydrogens is 398 g/mol. The van der Waals surface area contributed by atoms with Crippen molar-refractivity contribution in [2.75, 3.05) is 19.1 Å². The molecule has 3 N–H and O–H groups in total. The molecule has 0 saturated carbocycles. The van der Waals surface area contributed by atoms with Crippen LogP contribution in [0.5, 0.6) is 11.5 Å². The number of nitrogen functional groups attached to an aromatic ring is 1. The second-order valence-electron chi connectivity index (χ2n) is 7.53. The number of hydrogen-bond acceptors (Lipinski definition) is 5. The van der Waals surface area contributed by atoms with E-state index >= 15 is 0 Å². The van der Waals surface area contributed by atoms with Gasteiger partial charge >= 0.3 is 0 Å². The van der Waals surface area contributed by atoms with Gasteiger partial charge in [-0.05, 0) is 47.9 Å². The van der Waals surface area contributed by atoms with Gasteiger partial charge in [-0.15, -0.1) is 11.3 Å². The Bertz CT molecular complexity index is 1290. The van der Waals surface area contributed by atoms with Crippen molar-refractivity contribution >= 4 is 33.1 Å². The van der Waals surface area contributed by atoms with E-state index in [9.17, 15) is 4.79 Å². The second-order valence-corrected chi connectivity index (χ2v) is 8.64. The number of para-hydroxylation sites is 1. The highest BCUT2D eigenvalue weighted by atomic mass is 32.1. The minimum absolute atomic E-state index is 0.0105. The summed E-state index contributed by atoms with van der Waals surface area (Å²) in [5, 5.41) is 1.85. The van der Waals surface area contributed by atoms with E-state index in [4.69, 9.17) is 15.2 Å². The molecule has 0 spiro atoms. The van der Waals surface area contributed by atoms with E-state index in [1.165, 1.54) is 22.3 Å². The fourth-order valence-corrected chi connectivity index (χ4v) is 5.23. The van der Waals surface area contributed by atoms with Crippen molar-refractivity contribution < 1.29 is 14.3 Å². The van der Waals surface area contributed by atoms with Crippen molar-refractivity contribution in [1.82, 2.24) is 9.88 Å². The van der Waals surface area contributed by atoms with Gasteiger partial charge in [0.15, 0.2) is 11.5 Å². The Labute approximate surface area is 176 Å². The fraction of sp³-hybridized carbons (Fsp3) is 0.174. The van der Waals surface area contributed by atoms with Crippen molar-refractivity contribution in [3.05, 3.63) is 76.3 Å². The van der Waals surface area contributed by atoms with Gasteiger partial charge in [-0.3, -0.25) is 4.79 Å². The summed E-state index contributed by atoms with van der Waals surface area (Å²) in [5.41, 5.74) is 10.3. The predicted octanol–water partition coefficient (Wildman–Crippen LogP) is 4.33. The van der Waals surface area contributed by atoms with Crippen molar-refractivity contribution in [3.63, 3.8) is 0 Å². The molecular formula is C23H19N3O3S. The largest absolute Gasteiger partial charge is 0.454 e. The Morgan fingerprint density at radius 1 is 1.10 bits per heavy atom. The number of nitrogens with two attached hydrogens (primary N) is 1. The molecule has 2 aromatic heterocycles. The monoisotopic (exact) mass is 417 g/mol. The number of H-pyrrole nitrogens is 1. The summed E-state index contributed by atoms with van der Waals surface area (Å²) < 4.78 is 11.1. The van der Waals surface area contributed by atoms with Gasteiger partial charge in [0.1, 0.15) is 0 Å². The molecule has 4 heterocycles. The first-order chi connectivity index (χ1) is 14.7. The van der Waals surface area contributed by atoms with E-state index in [1.54, 1.807) is 12.1 Å². The summed E-state index contributed by atoms with van der Waals surface area (Å²) in [6, 6.07) is 17.6. The van der Waals surface area contributed by atoms with Crippen LogP contribution in [-0.2, 0) is 6.42 Å². The van der Waals surface area contributed by atoms with Crippen LogP contribution >= 0.6 is 11.3 Å². The Morgan fingerprint density at radius 3 is 2.83 bits per heavy atom.